The van der Waals surface area contributed by atoms with Crippen LogP contribution in [0.1, 0.15) is 43.5 Å². The number of rotatable bonds is 6. The van der Waals surface area contributed by atoms with Crippen molar-refractivity contribution in [1.82, 2.24) is 10.3 Å². The number of aryl methyl sites for hydroxylation is 1. The number of nitrogens with zero attached hydrogens (tertiary/aromatic N) is 1. The van der Waals surface area contributed by atoms with Crippen molar-refractivity contribution in [2.45, 2.75) is 39.8 Å². The van der Waals surface area contributed by atoms with Gasteiger partial charge in [-0.15, -0.1) is 0 Å². The molecular weight excluding hydrogens is 260 g/mol. The van der Waals surface area contributed by atoms with E-state index in [1.807, 2.05) is 20.0 Å². The highest BCUT2D eigenvalue weighted by molar-refractivity contribution is 5.35. The lowest BCUT2D eigenvalue weighted by Crippen LogP contribution is -2.22. The molecule has 2 rings (SSSR count). The Morgan fingerprint density at radius 2 is 1.95 bits per heavy atom. The number of hydrogen-bond donors (Lipinski definition) is 1. The van der Waals surface area contributed by atoms with E-state index in [4.69, 9.17) is 4.74 Å². The Bertz CT molecular complexity index is 581. The Balaban J connectivity index is 2.34. The van der Waals surface area contributed by atoms with E-state index in [2.05, 4.69) is 54.5 Å². The van der Waals surface area contributed by atoms with Crippen LogP contribution in [0.3, 0.4) is 0 Å². The fourth-order valence-corrected chi connectivity index (χ4v) is 2.41. The number of aromatic nitrogens is 1. The van der Waals surface area contributed by atoms with Crippen molar-refractivity contribution in [1.29, 1.82) is 0 Å². The summed E-state index contributed by atoms with van der Waals surface area (Å²) in [6.45, 7) is 9.17. The zero-order chi connectivity index (χ0) is 15.2. The molecular formula is C18H24N2O. The lowest BCUT2D eigenvalue weighted by molar-refractivity contribution is 0.241. The van der Waals surface area contributed by atoms with E-state index in [0.717, 1.165) is 17.9 Å². The van der Waals surface area contributed by atoms with E-state index in [0.29, 0.717) is 0 Å². The first kappa shape index (κ1) is 15.5. The minimum Gasteiger partial charge on any atom is -0.489 e. The maximum atomic E-state index is 5.75. The number of pyridine rings is 1. The van der Waals surface area contributed by atoms with Crippen LogP contribution in [-0.2, 0) is 0 Å². The van der Waals surface area contributed by atoms with Gasteiger partial charge in [-0.2, -0.15) is 0 Å². The third-order valence-electron chi connectivity index (χ3n) is 3.22. The molecule has 0 aliphatic rings. The standard InChI is InChI=1S/C18H24N2O/c1-5-20-18(15-8-6-7-14(4)9-15)16-10-17(12-19-11-16)21-13(2)3/h6-13,18,20H,5H2,1-4H3. The molecule has 1 heterocycles. The summed E-state index contributed by atoms with van der Waals surface area (Å²) < 4.78 is 5.75. The lowest BCUT2D eigenvalue weighted by atomic mass is 9.98. The highest BCUT2D eigenvalue weighted by Crippen LogP contribution is 2.25. The monoisotopic (exact) mass is 284 g/mol. The second-order valence-corrected chi connectivity index (χ2v) is 5.53. The smallest absolute Gasteiger partial charge is 0.138 e. The second-order valence-electron chi connectivity index (χ2n) is 5.53. The predicted molar refractivity (Wildman–Crippen MR) is 86.7 cm³/mol. The van der Waals surface area contributed by atoms with Gasteiger partial charge in [0.25, 0.3) is 0 Å². The van der Waals surface area contributed by atoms with Gasteiger partial charge in [0.2, 0.25) is 0 Å². The van der Waals surface area contributed by atoms with E-state index in [1.54, 1.807) is 6.20 Å². The fourth-order valence-electron chi connectivity index (χ4n) is 2.41. The molecule has 3 nitrogen and oxygen atoms in total. The molecule has 0 aliphatic heterocycles. The molecule has 1 aromatic carbocycles. The van der Waals surface area contributed by atoms with Crippen molar-refractivity contribution >= 4 is 0 Å². The minimum absolute atomic E-state index is 0.137. The van der Waals surface area contributed by atoms with E-state index in [1.165, 1.54) is 11.1 Å². The van der Waals surface area contributed by atoms with E-state index in [-0.39, 0.29) is 12.1 Å². The molecule has 112 valence electrons. The van der Waals surface area contributed by atoms with Crippen molar-refractivity contribution < 1.29 is 4.74 Å². The van der Waals surface area contributed by atoms with Gasteiger partial charge in [-0.3, -0.25) is 4.98 Å². The maximum Gasteiger partial charge on any atom is 0.138 e. The SMILES string of the molecule is CCNC(c1cccc(C)c1)c1cncc(OC(C)C)c1. The second kappa shape index (κ2) is 7.23. The molecule has 3 heteroatoms. The lowest BCUT2D eigenvalue weighted by Gasteiger charge is -2.20. The number of nitrogens with one attached hydrogen (secondary N) is 1. The van der Waals surface area contributed by atoms with Gasteiger partial charge in [0.15, 0.2) is 0 Å². The van der Waals surface area contributed by atoms with Gasteiger partial charge in [0.1, 0.15) is 5.75 Å². The first-order chi connectivity index (χ1) is 10.1. The summed E-state index contributed by atoms with van der Waals surface area (Å²) in [4.78, 5) is 4.32. The molecule has 1 aromatic heterocycles. The topological polar surface area (TPSA) is 34.2 Å². The summed E-state index contributed by atoms with van der Waals surface area (Å²) in [5.41, 5.74) is 3.64. The number of hydrogen-bond acceptors (Lipinski definition) is 3. The molecule has 0 fully saturated rings. The van der Waals surface area contributed by atoms with Gasteiger partial charge >= 0.3 is 0 Å². The average Bonchev–Trinajstić information content (AvgIpc) is 2.44. The highest BCUT2D eigenvalue weighted by Gasteiger charge is 2.14. The predicted octanol–water partition coefficient (Wildman–Crippen LogP) is 3.88. The normalized spacial score (nSPS) is 12.4. The van der Waals surface area contributed by atoms with Gasteiger partial charge in [-0.25, -0.2) is 0 Å². The number of benzene rings is 1. The first-order valence-electron chi connectivity index (χ1n) is 7.51. The van der Waals surface area contributed by atoms with E-state index in [9.17, 15) is 0 Å². The fraction of sp³-hybridized carbons (Fsp3) is 0.389. The van der Waals surface area contributed by atoms with Crippen LogP contribution in [0.5, 0.6) is 5.75 Å². The molecule has 0 spiro atoms. The van der Waals surface area contributed by atoms with Crippen LogP contribution in [0, 0.1) is 6.92 Å². The third-order valence-corrected chi connectivity index (χ3v) is 3.22. The molecule has 1 unspecified atom stereocenters. The van der Waals surface area contributed by atoms with Crippen LogP contribution in [0.4, 0.5) is 0 Å². The van der Waals surface area contributed by atoms with Gasteiger partial charge in [-0.05, 0) is 44.5 Å². The average molecular weight is 284 g/mol. The van der Waals surface area contributed by atoms with E-state index >= 15 is 0 Å². The van der Waals surface area contributed by atoms with Gasteiger partial charge in [0.05, 0.1) is 18.3 Å². The Hall–Kier alpha value is -1.87. The summed E-state index contributed by atoms with van der Waals surface area (Å²) in [6.07, 6.45) is 3.82. The summed E-state index contributed by atoms with van der Waals surface area (Å²) >= 11 is 0. The molecule has 1 N–H and O–H groups in total. The number of ether oxygens (including phenoxy) is 1. The van der Waals surface area contributed by atoms with Crippen molar-refractivity contribution in [2.24, 2.45) is 0 Å². The highest BCUT2D eigenvalue weighted by atomic mass is 16.5. The summed E-state index contributed by atoms with van der Waals surface area (Å²) in [6, 6.07) is 10.8. The zero-order valence-corrected chi connectivity index (χ0v) is 13.3. The summed E-state index contributed by atoms with van der Waals surface area (Å²) in [5.74, 6) is 0.818. The molecule has 2 aromatic rings. The Morgan fingerprint density at radius 3 is 2.62 bits per heavy atom. The molecule has 0 saturated heterocycles. The summed E-state index contributed by atoms with van der Waals surface area (Å²) in [7, 11) is 0. The Morgan fingerprint density at radius 1 is 1.14 bits per heavy atom. The van der Waals surface area contributed by atoms with Gasteiger partial charge in [-0.1, -0.05) is 36.8 Å². The van der Waals surface area contributed by atoms with Crippen LogP contribution < -0.4 is 10.1 Å². The van der Waals surface area contributed by atoms with Gasteiger partial charge in [0, 0.05) is 6.20 Å². The van der Waals surface area contributed by atoms with Crippen LogP contribution in [0.2, 0.25) is 0 Å². The molecule has 0 radical (unpaired) electrons. The first-order valence-corrected chi connectivity index (χ1v) is 7.51. The van der Waals surface area contributed by atoms with Crippen molar-refractivity contribution in [2.75, 3.05) is 6.54 Å². The van der Waals surface area contributed by atoms with Crippen LogP contribution >= 0.6 is 0 Å². The van der Waals surface area contributed by atoms with Crippen LogP contribution in [0.15, 0.2) is 42.7 Å². The largest absolute Gasteiger partial charge is 0.489 e. The summed E-state index contributed by atoms with van der Waals surface area (Å²) in [5, 5.41) is 3.53. The molecule has 0 amide bonds. The maximum absolute atomic E-state index is 5.75. The molecule has 21 heavy (non-hydrogen) atoms. The van der Waals surface area contributed by atoms with Crippen molar-refractivity contribution in [3.05, 3.63) is 59.4 Å². The Labute approximate surface area is 127 Å². The minimum atomic E-state index is 0.137. The molecule has 1 atom stereocenters. The van der Waals surface area contributed by atoms with Crippen molar-refractivity contribution in [3.63, 3.8) is 0 Å². The zero-order valence-electron chi connectivity index (χ0n) is 13.3. The Kier molecular flexibility index (Phi) is 5.34. The quantitative estimate of drug-likeness (QED) is 0.874. The van der Waals surface area contributed by atoms with E-state index < -0.39 is 0 Å². The van der Waals surface area contributed by atoms with Crippen molar-refractivity contribution in [3.8, 4) is 5.75 Å². The van der Waals surface area contributed by atoms with Crippen LogP contribution in [0.25, 0.3) is 0 Å². The molecule has 0 aliphatic carbocycles. The third kappa shape index (κ3) is 4.30. The van der Waals surface area contributed by atoms with Crippen LogP contribution in [-0.4, -0.2) is 17.6 Å². The van der Waals surface area contributed by atoms with Gasteiger partial charge < -0.3 is 10.1 Å². The molecule has 0 saturated carbocycles. The molecule has 0 bridgehead atoms.